The molecule has 34 heavy (non-hydrogen) atoms. The van der Waals surface area contributed by atoms with Crippen LogP contribution in [-0.4, -0.2) is 58.6 Å². The van der Waals surface area contributed by atoms with E-state index in [0.29, 0.717) is 5.02 Å². The first kappa shape index (κ1) is 27.3. The number of halogens is 1. The van der Waals surface area contributed by atoms with Crippen LogP contribution in [0.1, 0.15) is 41.8 Å². The maximum Gasteiger partial charge on any atom is 0.327 e. The molecule has 2 atom stereocenters. The van der Waals surface area contributed by atoms with Crippen molar-refractivity contribution in [3.63, 3.8) is 0 Å². The van der Waals surface area contributed by atoms with Crippen LogP contribution in [0.25, 0.3) is 0 Å². The number of carbonyl (C=O) groups is 4. The van der Waals surface area contributed by atoms with Crippen LogP contribution in [0.2, 0.25) is 5.02 Å². The second-order valence-electron chi connectivity index (χ2n) is 7.56. The van der Waals surface area contributed by atoms with Crippen molar-refractivity contribution in [3.05, 3.63) is 56.7 Å². The smallest absolute Gasteiger partial charge is 0.327 e. The third kappa shape index (κ3) is 7.82. The van der Waals surface area contributed by atoms with Gasteiger partial charge < -0.3 is 20.3 Å². The number of rotatable bonds is 8. The normalized spacial score (nSPS) is 14.6. The molecule has 0 fully saturated rings. The fraction of sp³-hybridized carbons (Fsp3) is 0.391. The average Bonchev–Trinajstić information content (AvgIpc) is 3.26. The Morgan fingerprint density at radius 2 is 1.91 bits per heavy atom. The fourth-order valence-corrected chi connectivity index (χ4v) is 4.67. The summed E-state index contributed by atoms with van der Waals surface area (Å²) in [5.74, 6) is -3.06. The molecule has 1 aromatic carbocycles. The zero-order valence-corrected chi connectivity index (χ0v) is 20.4. The van der Waals surface area contributed by atoms with Crippen LogP contribution in [0, 0.1) is 0 Å². The lowest BCUT2D eigenvalue weighted by Crippen LogP contribution is -2.39. The quantitative estimate of drug-likeness (QED) is 0.461. The zero-order chi connectivity index (χ0) is 25.3. The Bertz CT molecular complexity index is 1030. The number of aliphatic carboxylic acids is 2. The molecule has 9 nitrogen and oxygen atoms in total. The minimum atomic E-state index is -1.23. The molecule has 0 radical (unpaired) electrons. The van der Waals surface area contributed by atoms with Gasteiger partial charge in [-0.1, -0.05) is 29.8 Å². The summed E-state index contributed by atoms with van der Waals surface area (Å²) in [5, 5.41) is 21.6. The van der Waals surface area contributed by atoms with Gasteiger partial charge in [0.15, 0.2) is 0 Å². The van der Waals surface area contributed by atoms with Gasteiger partial charge in [-0.15, -0.1) is 11.3 Å². The molecule has 2 aromatic rings. The Morgan fingerprint density at radius 1 is 1.21 bits per heavy atom. The highest BCUT2D eigenvalue weighted by Gasteiger charge is 2.32. The summed E-state index contributed by atoms with van der Waals surface area (Å²) in [6, 6.07) is 8.04. The summed E-state index contributed by atoms with van der Waals surface area (Å²) in [6.07, 6.45) is 0.576. The molecule has 0 spiro atoms. The number of carbonyl (C=O) groups excluding carboxylic acids is 2. The third-order valence-corrected chi connectivity index (χ3v) is 6.52. The standard InChI is InChI=1S/C16H16ClNO2S.C7H11NO5/c1-20-16(19)15(12-4-2-3-5-13(12)17)18-8-6-14-11(10-18)7-9-21-14;1-4(9)8-5(7(12)13)2-3-6(10)11/h2-5,7,9,15H,6,8,10H2,1H3;5H,2-3H2,1H3,(H,8,9)(H,10,11)(H,12,13)/t15-;5-/m00/s1. The number of thiophene rings is 1. The van der Waals surface area contributed by atoms with E-state index < -0.39 is 29.9 Å². The molecule has 2 heterocycles. The van der Waals surface area contributed by atoms with Crippen molar-refractivity contribution >= 4 is 46.8 Å². The van der Waals surface area contributed by atoms with Gasteiger partial charge in [-0.25, -0.2) is 9.59 Å². The van der Waals surface area contributed by atoms with Crippen molar-refractivity contribution in [1.82, 2.24) is 10.2 Å². The van der Waals surface area contributed by atoms with Gasteiger partial charge in [0.1, 0.15) is 12.1 Å². The van der Waals surface area contributed by atoms with Crippen LogP contribution in [-0.2, 0) is 36.9 Å². The summed E-state index contributed by atoms with van der Waals surface area (Å²) in [7, 11) is 1.42. The molecule has 1 aliphatic heterocycles. The summed E-state index contributed by atoms with van der Waals surface area (Å²) in [4.78, 5) is 46.9. The zero-order valence-electron chi connectivity index (χ0n) is 18.8. The van der Waals surface area contributed by atoms with E-state index in [9.17, 15) is 19.2 Å². The summed E-state index contributed by atoms with van der Waals surface area (Å²) < 4.78 is 5.01. The molecule has 3 rings (SSSR count). The molecule has 11 heteroatoms. The van der Waals surface area contributed by atoms with Crippen LogP contribution in [0.5, 0.6) is 0 Å². The predicted molar refractivity (Wildman–Crippen MR) is 127 cm³/mol. The number of fused-ring (bicyclic) bond motifs is 1. The Hall–Kier alpha value is -2.95. The lowest BCUT2D eigenvalue weighted by molar-refractivity contribution is -0.148. The molecule has 0 aliphatic carbocycles. The number of hydrogen-bond acceptors (Lipinski definition) is 7. The number of esters is 1. The van der Waals surface area contributed by atoms with E-state index in [4.69, 9.17) is 26.6 Å². The molecule has 184 valence electrons. The van der Waals surface area contributed by atoms with Crippen LogP contribution in [0.15, 0.2) is 35.7 Å². The largest absolute Gasteiger partial charge is 0.481 e. The number of ether oxygens (including phenoxy) is 1. The first-order chi connectivity index (χ1) is 16.1. The first-order valence-electron chi connectivity index (χ1n) is 10.5. The molecule has 1 aromatic heterocycles. The van der Waals surface area contributed by atoms with E-state index in [1.165, 1.54) is 24.5 Å². The van der Waals surface area contributed by atoms with Gasteiger partial charge in [0.05, 0.1) is 7.11 Å². The van der Waals surface area contributed by atoms with Crippen LogP contribution >= 0.6 is 22.9 Å². The third-order valence-electron chi connectivity index (χ3n) is 5.15. The number of methoxy groups -OCH3 is 1. The molecule has 0 bridgehead atoms. The van der Waals surface area contributed by atoms with Crippen molar-refractivity contribution in [2.45, 2.75) is 44.8 Å². The molecular formula is C23H27ClN2O7S. The van der Waals surface area contributed by atoms with E-state index in [1.54, 1.807) is 11.3 Å². The van der Waals surface area contributed by atoms with Gasteiger partial charge in [-0.2, -0.15) is 0 Å². The minimum absolute atomic E-state index is 0.107. The highest BCUT2D eigenvalue weighted by atomic mass is 35.5. The Morgan fingerprint density at radius 3 is 2.50 bits per heavy atom. The predicted octanol–water partition coefficient (Wildman–Crippen LogP) is 3.11. The molecule has 0 unspecified atom stereocenters. The van der Waals surface area contributed by atoms with Crippen molar-refractivity contribution in [3.8, 4) is 0 Å². The van der Waals surface area contributed by atoms with Crippen molar-refractivity contribution < 1.29 is 34.1 Å². The van der Waals surface area contributed by atoms with Gasteiger partial charge in [0, 0.05) is 36.3 Å². The molecular weight excluding hydrogens is 484 g/mol. The Labute approximate surface area is 206 Å². The lowest BCUT2D eigenvalue weighted by atomic mass is 10.0. The first-order valence-corrected chi connectivity index (χ1v) is 11.7. The van der Waals surface area contributed by atoms with E-state index in [1.807, 2.05) is 24.3 Å². The number of amides is 1. The number of nitrogens with one attached hydrogen (secondary N) is 1. The van der Waals surface area contributed by atoms with E-state index in [2.05, 4.69) is 21.7 Å². The summed E-state index contributed by atoms with van der Waals surface area (Å²) >= 11 is 8.07. The molecule has 1 amide bonds. The number of nitrogens with zero attached hydrogens (tertiary/aromatic N) is 1. The summed E-state index contributed by atoms with van der Waals surface area (Å²) in [6.45, 7) is 2.76. The van der Waals surface area contributed by atoms with Crippen molar-refractivity contribution in [2.75, 3.05) is 13.7 Å². The molecule has 1 aliphatic rings. The van der Waals surface area contributed by atoms with Crippen molar-refractivity contribution in [2.24, 2.45) is 0 Å². The van der Waals surface area contributed by atoms with Crippen LogP contribution in [0.3, 0.4) is 0 Å². The molecule has 3 N–H and O–H groups in total. The van der Waals surface area contributed by atoms with Gasteiger partial charge in [-0.05, 0) is 41.5 Å². The van der Waals surface area contributed by atoms with Crippen LogP contribution in [0.4, 0.5) is 0 Å². The topological polar surface area (TPSA) is 133 Å². The number of carboxylic acids is 2. The average molecular weight is 511 g/mol. The van der Waals surface area contributed by atoms with Gasteiger partial charge in [0.25, 0.3) is 0 Å². The van der Waals surface area contributed by atoms with Gasteiger partial charge in [0.2, 0.25) is 5.91 Å². The Kier molecular flexibility index (Phi) is 10.5. The van der Waals surface area contributed by atoms with E-state index >= 15 is 0 Å². The second kappa shape index (κ2) is 13.1. The van der Waals surface area contributed by atoms with Crippen LogP contribution < -0.4 is 5.32 Å². The number of benzene rings is 1. The van der Waals surface area contributed by atoms with Gasteiger partial charge >= 0.3 is 17.9 Å². The van der Waals surface area contributed by atoms with E-state index in [0.717, 1.165) is 25.1 Å². The highest BCUT2D eigenvalue weighted by molar-refractivity contribution is 7.10. The summed E-state index contributed by atoms with van der Waals surface area (Å²) in [5.41, 5.74) is 2.11. The molecule has 0 saturated carbocycles. The molecule has 0 saturated heterocycles. The minimum Gasteiger partial charge on any atom is -0.481 e. The van der Waals surface area contributed by atoms with E-state index in [-0.39, 0.29) is 18.8 Å². The number of hydrogen-bond donors (Lipinski definition) is 3. The maximum atomic E-state index is 12.3. The fourth-order valence-electron chi connectivity index (χ4n) is 3.54. The Balaban J connectivity index is 0.000000273. The maximum absolute atomic E-state index is 12.3. The highest BCUT2D eigenvalue weighted by Crippen LogP contribution is 2.33. The lowest BCUT2D eigenvalue weighted by Gasteiger charge is -2.33. The second-order valence-corrected chi connectivity index (χ2v) is 8.97. The SMILES string of the molecule is CC(=O)N[C@@H](CCC(=O)O)C(=O)O.COC(=O)[C@H](c1ccccc1Cl)N1CCc2sccc2C1. The number of carboxylic acid groups (broad SMARTS) is 2. The monoisotopic (exact) mass is 510 g/mol. The van der Waals surface area contributed by atoms with Crippen molar-refractivity contribution in [1.29, 1.82) is 0 Å². The van der Waals surface area contributed by atoms with Gasteiger partial charge in [-0.3, -0.25) is 14.5 Å².